The number of halogens is 6. The molecule has 0 amide bonds. The Morgan fingerprint density at radius 2 is 1.62 bits per heavy atom. The van der Waals surface area contributed by atoms with E-state index >= 15 is 0 Å². The molecule has 0 aliphatic rings. The van der Waals surface area contributed by atoms with Gasteiger partial charge in [0.1, 0.15) is 6.33 Å². The molecule has 0 N–H and O–H groups in total. The topological polar surface area (TPSA) is 69.6 Å². The summed E-state index contributed by atoms with van der Waals surface area (Å²) in [5.41, 5.74) is -3.31. The van der Waals surface area contributed by atoms with Gasteiger partial charge >= 0.3 is 12.4 Å². The smallest absolute Gasteiger partial charge is 0.416 e. The first-order valence-electron chi connectivity index (χ1n) is 6.78. The third-order valence-corrected chi connectivity index (χ3v) is 3.10. The van der Waals surface area contributed by atoms with E-state index in [1.807, 2.05) is 0 Å². The molecule has 0 aliphatic heterocycles. The molecule has 0 atom stereocenters. The maximum Gasteiger partial charge on any atom is 0.416 e. The van der Waals surface area contributed by atoms with Crippen molar-refractivity contribution in [1.82, 2.24) is 25.0 Å². The first-order valence-corrected chi connectivity index (χ1v) is 6.78. The highest BCUT2D eigenvalue weighted by Gasteiger charge is 2.37. The van der Waals surface area contributed by atoms with Crippen LogP contribution in [0.3, 0.4) is 0 Å². The SMILES string of the molecule is FC(F)(F)c1cc(-c2ncn(C=Cc3nnco3)n2)cc(C(F)(F)F)c1. The molecule has 6 nitrogen and oxygen atoms in total. The second-order valence-electron chi connectivity index (χ2n) is 4.94. The van der Waals surface area contributed by atoms with Crippen LogP contribution in [0.4, 0.5) is 26.3 Å². The summed E-state index contributed by atoms with van der Waals surface area (Å²) in [5, 5.41) is 10.8. The second-order valence-corrected chi connectivity index (χ2v) is 4.94. The largest absolute Gasteiger partial charge is 0.424 e. The van der Waals surface area contributed by atoms with Crippen LogP contribution in [0.25, 0.3) is 23.7 Å². The van der Waals surface area contributed by atoms with Gasteiger partial charge in [-0.15, -0.1) is 15.3 Å². The quantitative estimate of drug-likeness (QED) is 0.648. The van der Waals surface area contributed by atoms with Gasteiger partial charge in [-0.2, -0.15) is 26.3 Å². The Kier molecular flexibility index (Phi) is 4.26. The minimum absolute atomic E-state index is 0.0377. The summed E-state index contributed by atoms with van der Waals surface area (Å²) in [4.78, 5) is 3.73. The van der Waals surface area contributed by atoms with Gasteiger partial charge in [-0.1, -0.05) is 0 Å². The fourth-order valence-electron chi connectivity index (χ4n) is 1.96. The molecule has 0 saturated carbocycles. The fourth-order valence-corrected chi connectivity index (χ4v) is 1.96. The van der Waals surface area contributed by atoms with E-state index in [4.69, 9.17) is 4.42 Å². The Labute approximate surface area is 140 Å². The Bertz CT molecular complexity index is 894. The number of alkyl halides is 6. The fraction of sp³-hybridized carbons (Fsp3) is 0.143. The monoisotopic (exact) mass is 375 g/mol. The van der Waals surface area contributed by atoms with Gasteiger partial charge in [0.05, 0.1) is 11.1 Å². The lowest BCUT2D eigenvalue weighted by molar-refractivity contribution is -0.143. The van der Waals surface area contributed by atoms with Crippen LogP contribution in [0.1, 0.15) is 17.0 Å². The maximum atomic E-state index is 12.9. The highest BCUT2D eigenvalue weighted by molar-refractivity contribution is 5.59. The number of nitrogens with zero attached hydrogens (tertiary/aromatic N) is 5. The Hall–Kier alpha value is -3.18. The average molecular weight is 375 g/mol. The van der Waals surface area contributed by atoms with E-state index in [1.54, 1.807) is 0 Å². The van der Waals surface area contributed by atoms with Gasteiger partial charge in [-0.25, -0.2) is 9.67 Å². The molecule has 3 aromatic rings. The molecule has 12 heteroatoms. The molecule has 136 valence electrons. The molecular formula is C14H7F6N5O. The zero-order valence-corrected chi connectivity index (χ0v) is 12.5. The van der Waals surface area contributed by atoms with Crippen molar-refractivity contribution in [1.29, 1.82) is 0 Å². The lowest BCUT2D eigenvalue weighted by Crippen LogP contribution is -2.11. The van der Waals surface area contributed by atoms with Gasteiger partial charge < -0.3 is 4.42 Å². The van der Waals surface area contributed by atoms with E-state index < -0.39 is 29.0 Å². The van der Waals surface area contributed by atoms with Crippen molar-refractivity contribution in [2.24, 2.45) is 0 Å². The van der Waals surface area contributed by atoms with Crippen LogP contribution < -0.4 is 0 Å². The van der Waals surface area contributed by atoms with E-state index in [1.165, 1.54) is 12.3 Å². The summed E-state index contributed by atoms with van der Waals surface area (Å²) in [5.74, 6) is -0.183. The van der Waals surface area contributed by atoms with Gasteiger partial charge in [-0.3, -0.25) is 0 Å². The number of aromatic nitrogens is 5. The number of hydrogen-bond donors (Lipinski definition) is 0. The molecule has 0 saturated heterocycles. The molecule has 0 radical (unpaired) electrons. The van der Waals surface area contributed by atoms with Crippen LogP contribution >= 0.6 is 0 Å². The van der Waals surface area contributed by atoms with Gasteiger partial charge in [0.2, 0.25) is 12.3 Å². The van der Waals surface area contributed by atoms with Crippen LogP contribution in [-0.2, 0) is 12.4 Å². The molecule has 0 aliphatic carbocycles. The molecular weight excluding hydrogens is 368 g/mol. The van der Waals surface area contributed by atoms with Crippen LogP contribution in [0.5, 0.6) is 0 Å². The Morgan fingerprint density at radius 3 is 2.15 bits per heavy atom. The maximum absolute atomic E-state index is 12.9. The highest BCUT2D eigenvalue weighted by Crippen LogP contribution is 2.37. The van der Waals surface area contributed by atoms with Crippen molar-refractivity contribution >= 4 is 12.3 Å². The van der Waals surface area contributed by atoms with Gasteiger partial charge in [-0.05, 0) is 18.2 Å². The lowest BCUT2D eigenvalue weighted by Gasteiger charge is -2.13. The molecule has 0 unspecified atom stereocenters. The minimum Gasteiger partial charge on any atom is -0.424 e. The summed E-state index contributed by atoms with van der Waals surface area (Å²) in [6.45, 7) is 0. The van der Waals surface area contributed by atoms with E-state index in [9.17, 15) is 26.3 Å². The average Bonchev–Trinajstić information content (AvgIpc) is 3.22. The number of rotatable bonds is 3. The normalized spacial score (nSPS) is 12.8. The summed E-state index contributed by atoms with van der Waals surface area (Å²) < 4.78 is 83.2. The van der Waals surface area contributed by atoms with E-state index in [0.29, 0.717) is 12.1 Å². The minimum atomic E-state index is -4.95. The predicted molar refractivity (Wildman–Crippen MR) is 75.0 cm³/mol. The summed E-state index contributed by atoms with van der Waals surface area (Å²) in [7, 11) is 0. The Balaban J connectivity index is 1.98. The van der Waals surface area contributed by atoms with Gasteiger partial charge in [0, 0.05) is 17.8 Å². The number of hydrogen-bond acceptors (Lipinski definition) is 5. The molecule has 0 spiro atoms. The Morgan fingerprint density at radius 1 is 0.962 bits per heavy atom. The lowest BCUT2D eigenvalue weighted by atomic mass is 10.0. The van der Waals surface area contributed by atoms with Crippen LogP contribution in [0.2, 0.25) is 0 Å². The predicted octanol–water partition coefficient (Wildman–Crippen LogP) is 3.99. The van der Waals surface area contributed by atoms with Crippen LogP contribution in [0.15, 0.2) is 35.3 Å². The summed E-state index contributed by atoms with van der Waals surface area (Å²) in [6.07, 6.45) is -5.09. The molecule has 3 rings (SSSR count). The van der Waals surface area contributed by atoms with Crippen LogP contribution in [0, 0.1) is 0 Å². The molecule has 0 fully saturated rings. The third kappa shape index (κ3) is 3.90. The van der Waals surface area contributed by atoms with Crippen molar-refractivity contribution in [3.63, 3.8) is 0 Å². The summed E-state index contributed by atoms with van der Waals surface area (Å²) in [6, 6.07) is 1.14. The second kappa shape index (κ2) is 6.28. The molecule has 0 bridgehead atoms. The van der Waals surface area contributed by atoms with Crippen molar-refractivity contribution in [2.45, 2.75) is 12.4 Å². The van der Waals surface area contributed by atoms with Crippen molar-refractivity contribution in [2.75, 3.05) is 0 Å². The third-order valence-electron chi connectivity index (χ3n) is 3.10. The van der Waals surface area contributed by atoms with E-state index in [-0.39, 0.29) is 17.8 Å². The first-order chi connectivity index (χ1) is 12.1. The van der Waals surface area contributed by atoms with Crippen molar-refractivity contribution in [3.05, 3.63) is 47.9 Å². The molecule has 2 heterocycles. The number of benzene rings is 1. The molecule has 26 heavy (non-hydrogen) atoms. The summed E-state index contributed by atoms with van der Waals surface area (Å²) >= 11 is 0. The van der Waals surface area contributed by atoms with Gasteiger partial charge in [0.15, 0.2) is 5.82 Å². The standard InChI is InChI=1S/C14H7F6N5O/c15-13(16,17)9-3-8(4-10(5-9)14(18,19)20)12-21-6-25(24-12)2-1-11-23-22-7-26-11/h1-7H. The highest BCUT2D eigenvalue weighted by atomic mass is 19.4. The van der Waals surface area contributed by atoms with Crippen molar-refractivity contribution < 1.29 is 30.8 Å². The van der Waals surface area contributed by atoms with Gasteiger partial charge in [0.25, 0.3) is 0 Å². The molecule has 2 aromatic heterocycles. The van der Waals surface area contributed by atoms with Crippen molar-refractivity contribution in [3.8, 4) is 11.4 Å². The zero-order chi connectivity index (χ0) is 18.9. The first kappa shape index (κ1) is 17.6. The molecule has 1 aromatic carbocycles. The zero-order valence-electron chi connectivity index (χ0n) is 12.5. The van der Waals surface area contributed by atoms with Crippen LogP contribution in [-0.4, -0.2) is 25.0 Å². The van der Waals surface area contributed by atoms with E-state index in [2.05, 4.69) is 20.3 Å². The van der Waals surface area contributed by atoms with E-state index in [0.717, 1.165) is 17.4 Å².